The molecule has 0 radical (unpaired) electrons. The van der Waals surface area contributed by atoms with Crippen molar-refractivity contribution in [1.82, 2.24) is 4.31 Å². The van der Waals surface area contributed by atoms with Crippen LogP contribution in [0.5, 0.6) is 0 Å². The first kappa shape index (κ1) is 14.7. The summed E-state index contributed by atoms with van der Waals surface area (Å²) in [6.45, 7) is 4.13. The molecule has 20 heavy (non-hydrogen) atoms. The zero-order valence-electron chi connectivity index (χ0n) is 11.0. The van der Waals surface area contributed by atoms with Gasteiger partial charge in [-0.3, -0.25) is 4.79 Å². The first-order valence-electron chi connectivity index (χ1n) is 6.40. The normalized spacial score (nSPS) is 17.8. The minimum Gasteiger partial charge on any atom is -0.481 e. The lowest BCUT2D eigenvalue weighted by molar-refractivity contribution is -0.142. The second-order valence-electron chi connectivity index (χ2n) is 4.81. The maximum atomic E-state index is 12.4. The van der Waals surface area contributed by atoms with Crippen molar-refractivity contribution in [2.75, 3.05) is 13.1 Å². The number of carboxylic acid groups (broad SMARTS) is 1. The van der Waals surface area contributed by atoms with Crippen molar-refractivity contribution in [3.05, 3.63) is 42.5 Å². The van der Waals surface area contributed by atoms with Gasteiger partial charge in [-0.25, -0.2) is 8.42 Å². The number of nitrogens with zero attached hydrogens (tertiary/aromatic N) is 1. The van der Waals surface area contributed by atoms with Crippen molar-refractivity contribution in [1.29, 1.82) is 0 Å². The van der Waals surface area contributed by atoms with Gasteiger partial charge in [-0.15, -0.1) is 0 Å². The molecule has 0 spiro atoms. The Kier molecular flexibility index (Phi) is 4.25. The topological polar surface area (TPSA) is 74.7 Å². The molecule has 2 rings (SSSR count). The van der Waals surface area contributed by atoms with E-state index in [2.05, 4.69) is 6.58 Å². The highest BCUT2D eigenvalue weighted by molar-refractivity contribution is 7.98. The van der Waals surface area contributed by atoms with Crippen LogP contribution >= 0.6 is 0 Å². The number of carboxylic acids is 1. The summed E-state index contributed by atoms with van der Waals surface area (Å²) in [4.78, 5) is 10.9. The molecule has 0 unspecified atom stereocenters. The summed E-state index contributed by atoms with van der Waals surface area (Å²) >= 11 is 0. The highest BCUT2D eigenvalue weighted by atomic mass is 32.2. The van der Waals surface area contributed by atoms with E-state index >= 15 is 0 Å². The van der Waals surface area contributed by atoms with Crippen LogP contribution in [0.3, 0.4) is 0 Å². The van der Waals surface area contributed by atoms with Crippen LogP contribution < -0.4 is 0 Å². The number of piperidine rings is 1. The van der Waals surface area contributed by atoms with Gasteiger partial charge in [0.25, 0.3) is 0 Å². The highest BCUT2D eigenvalue weighted by Gasteiger charge is 2.32. The molecule has 1 fully saturated rings. The second kappa shape index (κ2) is 5.76. The molecule has 6 heteroatoms. The highest BCUT2D eigenvalue weighted by Crippen LogP contribution is 2.27. The minimum absolute atomic E-state index is 0.0619. The standard InChI is InChI=1S/C14H17NO4S/c1-11(12-5-3-2-4-6-12)20(18,19)15-9-7-13(8-10-15)14(16)17/h2-6,13H,1,7-10H2,(H,16,17). The van der Waals surface area contributed by atoms with Gasteiger partial charge in [0, 0.05) is 13.1 Å². The fraction of sp³-hybridized carbons (Fsp3) is 0.357. The van der Waals surface area contributed by atoms with Crippen LogP contribution in [0.2, 0.25) is 0 Å². The number of hydrogen-bond acceptors (Lipinski definition) is 3. The largest absolute Gasteiger partial charge is 0.481 e. The van der Waals surface area contributed by atoms with Crippen molar-refractivity contribution in [3.63, 3.8) is 0 Å². The van der Waals surface area contributed by atoms with Crippen LogP contribution in [0.15, 0.2) is 36.9 Å². The van der Waals surface area contributed by atoms with Crippen LogP contribution in [0.1, 0.15) is 18.4 Å². The van der Waals surface area contributed by atoms with Gasteiger partial charge in [0.05, 0.1) is 10.8 Å². The van der Waals surface area contributed by atoms with E-state index in [1.165, 1.54) is 4.31 Å². The molecule has 5 nitrogen and oxygen atoms in total. The summed E-state index contributed by atoms with van der Waals surface area (Å²) in [6, 6.07) is 8.72. The molecule has 1 heterocycles. The number of benzene rings is 1. The lowest BCUT2D eigenvalue weighted by Crippen LogP contribution is -2.40. The van der Waals surface area contributed by atoms with E-state index in [4.69, 9.17) is 5.11 Å². The van der Waals surface area contributed by atoms with Gasteiger partial charge in [-0.05, 0) is 18.4 Å². The average Bonchev–Trinajstić information content (AvgIpc) is 2.47. The monoisotopic (exact) mass is 295 g/mol. The maximum Gasteiger partial charge on any atom is 0.306 e. The minimum atomic E-state index is -3.62. The van der Waals surface area contributed by atoms with Crippen LogP contribution in [-0.2, 0) is 14.8 Å². The summed E-state index contributed by atoms with van der Waals surface area (Å²) < 4.78 is 26.2. The molecule has 108 valence electrons. The molecular formula is C14H17NO4S. The number of aliphatic carboxylic acids is 1. The van der Waals surface area contributed by atoms with Crippen LogP contribution in [0.4, 0.5) is 0 Å². The van der Waals surface area contributed by atoms with Crippen LogP contribution in [-0.4, -0.2) is 36.9 Å². The van der Waals surface area contributed by atoms with Crippen molar-refractivity contribution < 1.29 is 18.3 Å². The summed E-state index contributed by atoms with van der Waals surface area (Å²) in [6.07, 6.45) is 0.688. The first-order valence-corrected chi connectivity index (χ1v) is 7.84. The predicted molar refractivity (Wildman–Crippen MR) is 76.3 cm³/mol. The quantitative estimate of drug-likeness (QED) is 0.919. The molecule has 0 saturated carbocycles. The van der Waals surface area contributed by atoms with Gasteiger partial charge >= 0.3 is 5.97 Å². The lowest BCUT2D eigenvalue weighted by Gasteiger charge is -2.29. The van der Waals surface area contributed by atoms with E-state index < -0.39 is 21.9 Å². The van der Waals surface area contributed by atoms with Crippen LogP contribution in [0.25, 0.3) is 4.91 Å². The third-order valence-electron chi connectivity index (χ3n) is 3.55. The second-order valence-corrected chi connectivity index (χ2v) is 6.77. The zero-order chi connectivity index (χ0) is 14.8. The Morgan fingerprint density at radius 2 is 1.75 bits per heavy atom. The number of hydrogen-bond donors (Lipinski definition) is 1. The lowest BCUT2D eigenvalue weighted by atomic mass is 9.99. The van der Waals surface area contributed by atoms with E-state index in [1.54, 1.807) is 24.3 Å². The Morgan fingerprint density at radius 1 is 1.20 bits per heavy atom. The number of rotatable bonds is 4. The average molecular weight is 295 g/mol. The molecular weight excluding hydrogens is 278 g/mol. The Bertz CT molecular complexity index is 601. The van der Waals surface area contributed by atoms with Crippen molar-refractivity contribution in [2.24, 2.45) is 5.92 Å². The van der Waals surface area contributed by atoms with Gasteiger partial charge in [0.15, 0.2) is 0 Å². The van der Waals surface area contributed by atoms with E-state index in [-0.39, 0.29) is 18.0 Å². The molecule has 0 amide bonds. The molecule has 0 bridgehead atoms. The molecule has 0 aliphatic carbocycles. The van der Waals surface area contributed by atoms with E-state index in [0.29, 0.717) is 18.4 Å². The fourth-order valence-electron chi connectivity index (χ4n) is 2.27. The van der Waals surface area contributed by atoms with Gasteiger partial charge in [0.2, 0.25) is 10.0 Å². The van der Waals surface area contributed by atoms with Crippen molar-refractivity contribution in [2.45, 2.75) is 12.8 Å². The van der Waals surface area contributed by atoms with Gasteiger partial charge in [0.1, 0.15) is 0 Å². The summed E-state index contributed by atoms with van der Waals surface area (Å²) in [5, 5.41) is 8.93. The Morgan fingerprint density at radius 3 is 2.25 bits per heavy atom. The van der Waals surface area contributed by atoms with Gasteiger partial charge < -0.3 is 5.11 Å². The van der Waals surface area contributed by atoms with E-state index in [1.807, 2.05) is 6.07 Å². The van der Waals surface area contributed by atoms with E-state index in [0.717, 1.165) is 0 Å². The maximum absolute atomic E-state index is 12.4. The van der Waals surface area contributed by atoms with Crippen molar-refractivity contribution >= 4 is 20.9 Å². The van der Waals surface area contributed by atoms with E-state index in [9.17, 15) is 13.2 Å². The molecule has 1 saturated heterocycles. The fourth-order valence-corrected chi connectivity index (χ4v) is 3.71. The Labute approximate surface area is 118 Å². The summed E-state index contributed by atoms with van der Waals surface area (Å²) in [7, 11) is -3.62. The third kappa shape index (κ3) is 2.91. The number of sulfonamides is 1. The smallest absolute Gasteiger partial charge is 0.306 e. The van der Waals surface area contributed by atoms with Gasteiger partial charge in [-0.1, -0.05) is 36.9 Å². The molecule has 1 aliphatic rings. The molecule has 1 aromatic carbocycles. The molecule has 0 atom stereocenters. The Balaban J connectivity index is 2.12. The first-order chi connectivity index (χ1) is 9.43. The predicted octanol–water partition coefficient (Wildman–Crippen LogP) is 1.78. The molecule has 1 N–H and O–H groups in total. The van der Waals surface area contributed by atoms with Gasteiger partial charge in [-0.2, -0.15) is 4.31 Å². The molecule has 1 aromatic rings. The SMILES string of the molecule is C=C(c1ccccc1)S(=O)(=O)N1CCC(C(=O)O)CC1. The van der Waals surface area contributed by atoms with Crippen molar-refractivity contribution in [3.8, 4) is 0 Å². The third-order valence-corrected chi connectivity index (χ3v) is 5.45. The zero-order valence-corrected chi connectivity index (χ0v) is 11.8. The molecule has 0 aromatic heterocycles. The van der Waals surface area contributed by atoms with Crippen LogP contribution in [0, 0.1) is 5.92 Å². The summed E-state index contributed by atoms with van der Waals surface area (Å²) in [5.41, 5.74) is 0.563. The molecule has 1 aliphatic heterocycles. The summed E-state index contributed by atoms with van der Waals surface area (Å²) in [5.74, 6) is -1.31. The Hall–Kier alpha value is -1.66. The number of carbonyl (C=O) groups is 1.